The van der Waals surface area contributed by atoms with Crippen molar-refractivity contribution in [2.24, 2.45) is 0 Å². The Morgan fingerprint density at radius 1 is 1.37 bits per heavy atom. The van der Waals surface area contributed by atoms with Crippen LogP contribution in [0.15, 0.2) is 24.4 Å². The van der Waals surface area contributed by atoms with Gasteiger partial charge in [-0.3, -0.25) is 4.79 Å². The lowest BCUT2D eigenvalue weighted by atomic mass is 10.2. The molecule has 2 heterocycles. The summed E-state index contributed by atoms with van der Waals surface area (Å²) in [5.41, 5.74) is 1.14. The molecule has 0 unspecified atom stereocenters. The van der Waals surface area contributed by atoms with E-state index in [9.17, 15) is 9.18 Å². The molecule has 4 nitrogen and oxygen atoms in total. The Bertz CT molecular complexity index is 626. The van der Waals surface area contributed by atoms with Gasteiger partial charge in [-0.2, -0.15) is 4.39 Å². The number of carbonyl (C=O) groups is 1. The van der Waals surface area contributed by atoms with Gasteiger partial charge >= 0.3 is 0 Å². The predicted octanol–water partition coefficient (Wildman–Crippen LogP) is 3.48. The van der Waals surface area contributed by atoms with Crippen LogP contribution in [0.4, 0.5) is 10.1 Å². The predicted molar refractivity (Wildman–Crippen MR) is 71.1 cm³/mol. The highest BCUT2D eigenvalue weighted by atomic mass is 35.5. The molecule has 0 aliphatic rings. The highest BCUT2D eigenvalue weighted by Gasteiger charge is 2.13. The molecule has 0 fully saturated rings. The normalized spacial score (nSPS) is 10.3. The molecule has 7 heteroatoms. The van der Waals surface area contributed by atoms with E-state index in [1.54, 1.807) is 13.0 Å². The summed E-state index contributed by atoms with van der Waals surface area (Å²) in [6, 6.07) is 3.99. The number of aryl methyl sites for hydroxylation is 1. The van der Waals surface area contributed by atoms with Gasteiger partial charge in [-0.25, -0.2) is 9.97 Å². The smallest absolute Gasteiger partial charge is 0.255 e. The zero-order chi connectivity index (χ0) is 14.0. The summed E-state index contributed by atoms with van der Waals surface area (Å²) >= 11 is 11.6. The first-order valence-corrected chi connectivity index (χ1v) is 5.98. The lowest BCUT2D eigenvalue weighted by Crippen LogP contribution is -2.14. The summed E-state index contributed by atoms with van der Waals surface area (Å²) in [5, 5.41) is 2.87. The number of amides is 1. The van der Waals surface area contributed by atoms with Gasteiger partial charge in [0, 0.05) is 17.8 Å². The first-order valence-electron chi connectivity index (χ1n) is 5.23. The Balaban J connectivity index is 2.29. The third kappa shape index (κ3) is 3.19. The van der Waals surface area contributed by atoms with E-state index in [4.69, 9.17) is 23.2 Å². The fraction of sp³-hybridized carbons (Fsp3) is 0.0833. The SMILES string of the molecule is Cc1cc(Cl)nc(Cl)c1NC(=O)c1ccnc(F)c1. The molecule has 0 spiro atoms. The van der Waals surface area contributed by atoms with Crippen LogP contribution in [0.1, 0.15) is 15.9 Å². The Morgan fingerprint density at radius 3 is 2.74 bits per heavy atom. The van der Waals surface area contributed by atoms with Gasteiger partial charge in [0.2, 0.25) is 5.95 Å². The third-order valence-electron chi connectivity index (χ3n) is 2.37. The zero-order valence-electron chi connectivity index (χ0n) is 9.75. The second kappa shape index (κ2) is 5.50. The Hall–Kier alpha value is -1.72. The van der Waals surface area contributed by atoms with Crippen molar-refractivity contribution in [2.45, 2.75) is 6.92 Å². The number of aromatic nitrogens is 2. The molecule has 0 aromatic carbocycles. The summed E-state index contributed by atoms with van der Waals surface area (Å²) in [7, 11) is 0. The second-order valence-corrected chi connectivity index (χ2v) is 4.49. The van der Waals surface area contributed by atoms with Crippen molar-refractivity contribution in [3.05, 3.63) is 51.8 Å². The molecular formula is C12H8Cl2FN3O. The van der Waals surface area contributed by atoms with Gasteiger partial charge < -0.3 is 5.32 Å². The van der Waals surface area contributed by atoms with Crippen LogP contribution in [0.25, 0.3) is 0 Å². The molecule has 0 aliphatic carbocycles. The third-order valence-corrected chi connectivity index (χ3v) is 2.84. The maximum atomic E-state index is 12.9. The van der Waals surface area contributed by atoms with Crippen LogP contribution >= 0.6 is 23.2 Å². The fourth-order valence-corrected chi connectivity index (χ4v) is 2.05. The van der Waals surface area contributed by atoms with E-state index in [1.807, 2.05) is 0 Å². The van der Waals surface area contributed by atoms with Gasteiger partial charge in [0.15, 0.2) is 5.15 Å². The van der Waals surface area contributed by atoms with E-state index < -0.39 is 11.9 Å². The summed E-state index contributed by atoms with van der Waals surface area (Å²) in [5.74, 6) is -1.24. The zero-order valence-corrected chi connectivity index (χ0v) is 11.3. The maximum Gasteiger partial charge on any atom is 0.255 e. The van der Waals surface area contributed by atoms with Gasteiger partial charge in [0.05, 0.1) is 5.69 Å². The molecule has 98 valence electrons. The first-order chi connectivity index (χ1) is 8.97. The average molecular weight is 300 g/mol. The highest BCUT2D eigenvalue weighted by molar-refractivity contribution is 6.35. The van der Waals surface area contributed by atoms with Crippen molar-refractivity contribution >= 4 is 34.8 Å². The van der Waals surface area contributed by atoms with E-state index in [0.717, 1.165) is 6.07 Å². The van der Waals surface area contributed by atoms with Crippen molar-refractivity contribution in [2.75, 3.05) is 5.32 Å². The average Bonchev–Trinajstić information content (AvgIpc) is 2.33. The van der Waals surface area contributed by atoms with Crippen LogP contribution in [0.2, 0.25) is 10.3 Å². The summed E-state index contributed by atoms with van der Waals surface area (Å²) in [6.45, 7) is 1.72. The van der Waals surface area contributed by atoms with Gasteiger partial charge in [-0.15, -0.1) is 0 Å². The summed E-state index contributed by atoms with van der Waals surface area (Å²) < 4.78 is 12.9. The largest absolute Gasteiger partial charge is 0.319 e. The van der Waals surface area contributed by atoms with Crippen molar-refractivity contribution < 1.29 is 9.18 Å². The van der Waals surface area contributed by atoms with Crippen LogP contribution in [0.5, 0.6) is 0 Å². The fourth-order valence-electron chi connectivity index (χ4n) is 1.48. The molecule has 0 saturated heterocycles. The monoisotopic (exact) mass is 299 g/mol. The van der Waals surface area contributed by atoms with Crippen LogP contribution < -0.4 is 5.32 Å². The highest BCUT2D eigenvalue weighted by Crippen LogP contribution is 2.26. The van der Waals surface area contributed by atoms with Crippen LogP contribution in [-0.4, -0.2) is 15.9 Å². The van der Waals surface area contributed by atoms with Crippen LogP contribution in [0, 0.1) is 12.9 Å². The minimum absolute atomic E-state index is 0.0767. The molecule has 0 aliphatic heterocycles. The Labute approximate surface area is 118 Å². The second-order valence-electron chi connectivity index (χ2n) is 3.75. The lowest BCUT2D eigenvalue weighted by molar-refractivity contribution is 0.102. The molecule has 0 saturated carbocycles. The van der Waals surface area contributed by atoms with Crippen molar-refractivity contribution in [3.63, 3.8) is 0 Å². The maximum absolute atomic E-state index is 12.9. The van der Waals surface area contributed by atoms with E-state index >= 15 is 0 Å². The number of halogens is 3. The molecule has 19 heavy (non-hydrogen) atoms. The molecule has 1 N–H and O–H groups in total. The number of carbonyl (C=O) groups excluding carboxylic acids is 1. The first kappa shape index (κ1) is 13.7. The molecule has 1 amide bonds. The molecule has 2 aromatic rings. The lowest BCUT2D eigenvalue weighted by Gasteiger charge is -2.10. The van der Waals surface area contributed by atoms with Crippen LogP contribution in [0.3, 0.4) is 0 Å². The minimum atomic E-state index is -0.732. The van der Waals surface area contributed by atoms with Gasteiger partial charge in [0.25, 0.3) is 5.91 Å². The molecule has 2 aromatic heterocycles. The number of rotatable bonds is 2. The topological polar surface area (TPSA) is 54.9 Å². The molecule has 2 rings (SSSR count). The number of nitrogens with one attached hydrogen (secondary N) is 1. The number of nitrogens with zero attached hydrogens (tertiary/aromatic N) is 2. The summed E-state index contributed by atoms with van der Waals surface area (Å²) in [4.78, 5) is 19.1. The molecular weight excluding hydrogens is 292 g/mol. The van der Waals surface area contributed by atoms with Crippen LogP contribution in [-0.2, 0) is 0 Å². The number of anilines is 1. The Morgan fingerprint density at radius 2 is 2.11 bits per heavy atom. The van der Waals surface area contributed by atoms with E-state index in [0.29, 0.717) is 11.3 Å². The standard InChI is InChI=1S/C12H8Cl2FN3O/c1-6-4-8(13)17-11(14)10(6)18-12(19)7-2-3-16-9(15)5-7/h2-5H,1H3,(H,18,19). The van der Waals surface area contributed by atoms with E-state index in [2.05, 4.69) is 15.3 Å². The van der Waals surface area contributed by atoms with Crippen molar-refractivity contribution in [1.29, 1.82) is 0 Å². The molecule has 0 radical (unpaired) electrons. The molecule has 0 atom stereocenters. The number of pyridine rings is 2. The molecule has 0 bridgehead atoms. The van der Waals surface area contributed by atoms with Gasteiger partial charge in [0.1, 0.15) is 5.15 Å². The Kier molecular flexibility index (Phi) is 3.97. The number of hydrogen-bond acceptors (Lipinski definition) is 3. The quantitative estimate of drug-likeness (QED) is 0.864. The summed E-state index contributed by atoms with van der Waals surface area (Å²) in [6.07, 6.45) is 1.21. The van der Waals surface area contributed by atoms with Crippen molar-refractivity contribution in [1.82, 2.24) is 9.97 Å². The van der Waals surface area contributed by atoms with Gasteiger partial charge in [-0.05, 0) is 24.6 Å². The van der Waals surface area contributed by atoms with E-state index in [1.165, 1.54) is 12.3 Å². The van der Waals surface area contributed by atoms with E-state index in [-0.39, 0.29) is 15.9 Å². The number of hydrogen-bond donors (Lipinski definition) is 1. The minimum Gasteiger partial charge on any atom is -0.319 e. The van der Waals surface area contributed by atoms with Crippen molar-refractivity contribution in [3.8, 4) is 0 Å². The van der Waals surface area contributed by atoms with Gasteiger partial charge in [-0.1, -0.05) is 23.2 Å².